The van der Waals surface area contributed by atoms with Crippen LogP contribution in [0, 0.1) is 0 Å². The summed E-state index contributed by atoms with van der Waals surface area (Å²) in [5.41, 5.74) is 0. The van der Waals surface area contributed by atoms with Crippen LogP contribution in [0.5, 0.6) is 0 Å². The summed E-state index contributed by atoms with van der Waals surface area (Å²) in [6.07, 6.45) is 16.2. The Morgan fingerprint density at radius 2 is 1.67 bits per heavy atom. The Morgan fingerprint density at radius 1 is 0.963 bits per heavy atom. The first-order valence-electron chi connectivity index (χ1n) is 11.8. The first kappa shape index (κ1) is 19.3. The normalized spacial score (nSPS) is 29.2. The van der Waals surface area contributed by atoms with E-state index in [2.05, 4.69) is 27.1 Å². The van der Waals surface area contributed by atoms with Crippen molar-refractivity contribution in [1.82, 2.24) is 20.2 Å². The third-order valence-corrected chi connectivity index (χ3v) is 7.56. The lowest BCUT2D eigenvalue weighted by Gasteiger charge is -2.37. The fraction of sp³-hybridized carbons (Fsp3) is 0.952. The summed E-state index contributed by atoms with van der Waals surface area (Å²) in [5, 5.41) is 13.2. The lowest BCUT2D eigenvalue weighted by Crippen LogP contribution is -3.29. The Bertz CT molecular complexity index is 553. The van der Waals surface area contributed by atoms with Crippen molar-refractivity contribution in [2.45, 2.75) is 102 Å². The van der Waals surface area contributed by atoms with Gasteiger partial charge in [0.2, 0.25) is 5.82 Å². The maximum atomic E-state index is 4.59. The number of quaternary nitrogens is 2. The average molecular weight is 377 g/mol. The van der Waals surface area contributed by atoms with E-state index < -0.39 is 0 Å². The van der Waals surface area contributed by atoms with Crippen LogP contribution in [0.3, 0.4) is 0 Å². The van der Waals surface area contributed by atoms with E-state index in [0.29, 0.717) is 12.1 Å². The van der Waals surface area contributed by atoms with E-state index >= 15 is 0 Å². The first-order valence-corrected chi connectivity index (χ1v) is 11.8. The van der Waals surface area contributed by atoms with Crippen molar-refractivity contribution >= 4 is 0 Å². The SMILES string of the molecule is CCCC[C@H](c1nnnn1C1CCCCC1)[NH+]1CC[NH+](C2CCCC2)CC1. The van der Waals surface area contributed by atoms with Crippen molar-refractivity contribution in [2.75, 3.05) is 26.2 Å². The predicted molar refractivity (Wildman–Crippen MR) is 106 cm³/mol. The van der Waals surface area contributed by atoms with Crippen molar-refractivity contribution < 1.29 is 9.80 Å². The van der Waals surface area contributed by atoms with Crippen LogP contribution >= 0.6 is 0 Å². The molecule has 2 heterocycles. The second-order valence-corrected chi connectivity index (χ2v) is 9.27. The van der Waals surface area contributed by atoms with Crippen molar-refractivity contribution in [1.29, 1.82) is 0 Å². The molecule has 4 rings (SSSR count). The van der Waals surface area contributed by atoms with Gasteiger partial charge in [-0.1, -0.05) is 32.6 Å². The van der Waals surface area contributed by atoms with Crippen LogP contribution in [0.1, 0.15) is 102 Å². The highest BCUT2D eigenvalue weighted by Crippen LogP contribution is 2.29. The molecule has 27 heavy (non-hydrogen) atoms. The summed E-state index contributed by atoms with van der Waals surface area (Å²) in [5.74, 6) is 1.19. The van der Waals surface area contributed by atoms with Crippen molar-refractivity contribution in [3.8, 4) is 0 Å². The fourth-order valence-electron chi connectivity index (χ4n) is 5.92. The van der Waals surface area contributed by atoms with E-state index in [1.807, 2.05) is 4.90 Å². The Labute approximate surface area is 164 Å². The van der Waals surface area contributed by atoms with Crippen LogP contribution in [0.25, 0.3) is 0 Å². The van der Waals surface area contributed by atoms with Gasteiger partial charge in [-0.2, -0.15) is 0 Å². The molecule has 3 aliphatic rings. The summed E-state index contributed by atoms with van der Waals surface area (Å²) >= 11 is 0. The summed E-state index contributed by atoms with van der Waals surface area (Å²) in [6, 6.07) is 1.98. The van der Waals surface area contributed by atoms with Crippen LogP contribution in [-0.2, 0) is 0 Å². The molecule has 2 aliphatic carbocycles. The van der Waals surface area contributed by atoms with Crippen LogP contribution in [0.2, 0.25) is 0 Å². The molecule has 6 nitrogen and oxygen atoms in total. The number of aromatic nitrogens is 4. The van der Waals surface area contributed by atoms with Gasteiger partial charge in [0.05, 0.1) is 12.1 Å². The second-order valence-electron chi connectivity index (χ2n) is 9.27. The van der Waals surface area contributed by atoms with Gasteiger partial charge in [-0.3, -0.25) is 0 Å². The van der Waals surface area contributed by atoms with Crippen molar-refractivity contribution in [3.05, 3.63) is 5.82 Å². The number of hydrogen-bond acceptors (Lipinski definition) is 3. The van der Waals surface area contributed by atoms with Gasteiger partial charge in [-0.25, -0.2) is 4.68 Å². The zero-order valence-corrected chi connectivity index (χ0v) is 17.3. The van der Waals surface area contributed by atoms with E-state index in [1.54, 1.807) is 4.90 Å². The molecule has 0 spiro atoms. The van der Waals surface area contributed by atoms with Gasteiger partial charge in [0.1, 0.15) is 32.2 Å². The molecule has 152 valence electrons. The predicted octanol–water partition coefficient (Wildman–Crippen LogP) is 1.14. The van der Waals surface area contributed by atoms with Gasteiger partial charge in [0.25, 0.3) is 0 Å². The number of piperazine rings is 1. The molecule has 0 unspecified atom stereocenters. The lowest BCUT2D eigenvalue weighted by molar-refractivity contribution is -1.04. The van der Waals surface area contributed by atoms with Crippen LogP contribution in [0.15, 0.2) is 0 Å². The number of tetrazole rings is 1. The molecular weight excluding hydrogens is 336 g/mol. The highest BCUT2D eigenvalue weighted by Gasteiger charge is 2.37. The number of nitrogens with zero attached hydrogens (tertiary/aromatic N) is 4. The summed E-state index contributed by atoms with van der Waals surface area (Å²) in [4.78, 5) is 3.63. The highest BCUT2D eigenvalue weighted by molar-refractivity contribution is 4.91. The van der Waals surface area contributed by atoms with Gasteiger partial charge >= 0.3 is 0 Å². The average Bonchev–Trinajstić information content (AvgIpc) is 3.42. The molecule has 6 heteroatoms. The molecule has 1 aromatic heterocycles. The maximum absolute atomic E-state index is 4.59. The minimum Gasteiger partial charge on any atom is -0.323 e. The first-order chi connectivity index (χ1) is 13.4. The van der Waals surface area contributed by atoms with Gasteiger partial charge in [-0.05, 0) is 55.4 Å². The number of unbranched alkanes of at least 4 members (excludes halogenated alkanes) is 1. The molecular formula is C21H40N6+2. The summed E-state index contributed by atoms with van der Waals surface area (Å²) in [7, 11) is 0. The molecule has 2 saturated carbocycles. The number of nitrogens with one attached hydrogen (secondary N) is 2. The van der Waals surface area contributed by atoms with Crippen LogP contribution in [0.4, 0.5) is 0 Å². The van der Waals surface area contributed by atoms with Gasteiger partial charge < -0.3 is 9.80 Å². The van der Waals surface area contributed by atoms with Crippen LogP contribution in [-0.4, -0.2) is 52.4 Å². The standard InChI is InChI=1S/C21H38N6/c1-2-3-13-20(21-22-23-24-27(21)19-11-5-4-6-12-19)26-16-14-25(15-17-26)18-9-7-8-10-18/h18-20H,2-17H2,1H3/p+2/t20-/m1/s1. The van der Waals surface area contributed by atoms with Crippen molar-refractivity contribution in [2.24, 2.45) is 0 Å². The smallest absolute Gasteiger partial charge is 0.209 e. The second kappa shape index (κ2) is 9.46. The van der Waals surface area contributed by atoms with Gasteiger partial charge in [-0.15, -0.1) is 5.10 Å². The molecule has 1 saturated heterocycles. The zero-order chi connectivity index (χ0) is 18.5. The molecule has 1 atom stereocenters. The third-order valence-electron chi connectivity index (χ3n) is 7.56. The van der Waals surface area contributed by atoms with E-state index in [1.165, 1.54) is 109 Å². The van der Waals surface area contributed by atoms with Crippen LogP contribution < -0.4 is 9.80 Å². The number of hydrogen-bond donors (Lipinski definition) is 2. The van der Waals surface area contributed by atoms with Crippen molar-refractivity contribution in [3.63, 3.8) is 0 Å². The van der Waals surface area contributed by atoms with E-state index in [-0.39, 0.29) is 0 Å². The molecule has 3 fully saturated rings. The van der Waals surface area contributed by atoms with E-state index in [0.717, 1.165) is 6.04 Å². The summed E-state index contributed by atoms with van der Waals surface area (Å²) < 4.78 is 2.24. The maximum Gasteiger partial charge on any atom is 0.209 e. The topological polar surface area (TPSA) is 52.5 Å². The molecule has 1 aromatic rings. The minimum atomic E-state index is 0.493. The van der Waals surface area contributed by atoms with E-state index in [4.69, 9.17) is 0 Å². The molecule has 0 radical (unpaired) electrons. The monoisotopic (exact) mass is 376 g/mol. The Morgan fingerprint density at radius 3 is 2.37 bits per heavy atom. The van der Waals surface area contributed by atoms with Gasteiger partial charge in [0, 0.05) is 6.42 Å². The molecule has 1 aliphatic heterocycles. The van der Waals surface area contributed by atoms with Gasteiger partial charge in [0.15, 0.2) is 0 Å². The summed E-state index contributed by atoms with van der Waals surface area (Å²) in [6.45, 7) is 7.56. The lowest BCUT2D eigenvalue weighted by atomic mass is 9.95. The fourth-order valence-corrected chi connectivity index (χ4v) is 5.92. The minimum absolute atomic E-state index is 0.493. The Kier molecular flexibility index (Phi) is 6.77. The molecule has 2 N–H and O–H groups in total. The number of rotatable bonds is 7. The highest BCUT2D eigenvalue weighted by atomic mass is 15.6. The molecule has 0 aromatic carbocycles. The third kappa shape index (κ3) is 4.53. The quantitative estimate of drug-likeness (QED) is 0.750. The largest absolute Gasteiger partial charge is 0.323 e. The molecule has 0 bridgehead atoms. The van der Waals surface area contributed by atoms with E-state index in [9.17, 15) is 0 Å². The Hall–Kier alpha value is -1.01. The zero-order valence-electron chi connectivity index (χ0n) is 17.3. The molecule has 0 amide bonds. The Balaban J connectivity index is 1.45.